The largest absolute Gasteiger partial charge is 0.377 e. The normalized spacial score (nSPS) is 17.3. The molecule has 3 aromatic rings. The summed E-state index contributed by atoms with van der Waals surface area (Å²) in [5.74, 6) is 0.655. The van der Waals surface area contributed by atoms with Crippen LogP contribution in [-0.2, 0) is 4.74 Å². The van der Waals surface area contributed by atoms with Gasteiger partial charge in [-0.15, -0.1) is 11.3 Å². The third kappa shape index (κ3) is 3.31. The Balaban J connectivity index is 1.62. The lowest BCUT2D eigenvalue weighted by Crippen LogP contribution is -2.46. The van der Waals surface area contributed by atoms with E-state index in [0.717, 1.165) is 5.69 Å². The molecule has 134 valence electrons. The fourth-order valence-electron chi connectivity index (χ4n) is 2.88. The molecule has 0 bridgehead atoms. The average Bonchev–Trinajstić information content (AvgIpc) is 3.32. The number of para-hydroxylation sites is 1. The zero-order chi connectivity index (χ0) is 17.9. The molecule has 4 rings (SSSR count). The molecule has 1 fully saturated rings. The lowest BCUT2D eigenvalue weighted by Gasteiger charge is -2.34. The number of hydrogen-bond acceptors (Lipinski definition) is 5. The Kier molecular flexibility index (Phi) is 4.87. The summed E-state index contributed by atoms with van der Waals surface area (Å²) >= 11 is 7.47. The predicted molar refractivity (Wildman–Crippen MR) is 100.0 cm³/mol. The molecule has 1 saturated heterocycles. The first kappa shape index (κ1) is 17.0. The molecular weight excluding hydrogens is 374 g/mol. The number of morpholine rings is 1. The summed E-state index contributed by atoms with van der Waals surface area (Å²) in [6, 6.07) is 10.9. The van der Waals surface area contributed by atoms with Gasteiger partial charge in [-0.05, 0) is 23.6 Å². The van der Waals surface area contributed by atoms with E-state index in [0.29, 0.717) is 35.6 Å². The van der Waals surface area contributed by atoms with E-state index in [9.17, 15) is 4.79 Å². The maximum atomic E-state index is 12.8. The van der Waals surface area contributed by atoms with Crippen LogP contribution in [-0.4, -0.2) is 45.5 Å². The minimum Gasteiger partial charge on any atom is -0.377 e. The Morgan fingerprint density at radius 2 is 2.15 bits per heavy atom. The summed E-state index contributed by atoms with van der Waals surface area (Å²) in [7, 11) is 0. The Labute approximate surface area is 159 Å². The number of anilines is 1. The van der Waals surface area contributed by atoms with Crippen molar-refractivity contribution in [3.05, 3.63) is 58.3 Å². The van der Waals surface area contributed by atoms with E-state index < -0.39 is 0 Å². The standard InChI is InChI=1S/C17H16ClN5O2S/c18-15-13(6-9-26-15)21-17(24)22-7-8-25-10-14(22)16-19-11-20-23(16)12-4-2-1-3-5-12/h1-6,9,11,14H,7-8,10H2,(H,21,24). The fraction of sp³-hybridized carbons (Fsp3) is 0.235. The van der Waals surface area contributed by atoms with Crippen molar-refractivity contribution in [3.63, 3.8) is 0 Å². The zero-order valence-electron chi connectivity index (χ0n) is 13.7. The van der Waals surface area contributed by atoms with E-state index in [-0.39, 0.29) is 12.1 Å². The SMILES string of the molecule is O=C(Nc1ccsc1Cl)N1CCOCC1c1ncnn1-c1ccccc1. The molecule has 2 aromatic heterocycles. The molecule has 1 N–H and O–H groups in total. The molecule has 1 aromatic carbocycles. The number of carbonyl (C=O) groups is 1. The molecule has 1 aliphatic heterocycles. The summed E-state index contributed by atoms with van der Waals surface area (Å²) < 4.78 is 7.89. The number of benzene rings is 1. The van der Waals surface area contributed by atoms with Gasteiger partial charge in [0.05, 0.1) is 24.6 Å². The maximum Gasteiger partial charge on any atom is 0.322 e. The van der Waals surface area contributed by atoms with Gasteiger partial charge in [0.15, 0.2) is 5.82 Å². The number of nitrogens with zero attached hydrogens (tertiary/aromatic N) is 4. The van der Waals surface area contributed by atoms with E-state index in [2.05, 4.69) is 15.4 Å². The number of rotatable bonds is 3. The quantitative estimate of drug-likeness (QED) is 0.743. The zero-order valence-corrected chi connectivity index (χ0v) is 15.3. The van der Waals surface area contributed by atoms with Crippen molar-refractivity contribution in [1.29, 1.82) is 0 Å². The van der Waals surface area contributed by atoms with E-state index in [4.69, 9.17) is 16.3 Å². The highest BCUT2D eigenvalue weighted by Gasteiger charge is 2.32. The molecule has 7 nitrogen and oxygen atoms in total. The lowest BCUT2D eigenvalue weighted by molar-refractivity contribution is 0.0110. The van der Waals surface area contributed by atoms with Crippen molar-refractivity contribution in [2.45, 2.75) is 6.04 Å². The van der Waals surface area contributed by atoms with Gasteiger partial charge in [0, 0.05) is 6.54 Å². The molecule has 1 unspecified atom stereocenters. The molecule has 1 aliphatic rings. The van der Waals surface area contributed by atoms with E-state index in [1.165, 1.54) is 17.7 Å². The van der Waals surface area contributed by atoms with Crippen LogP contribution < -0.4 is 5.32 Å². The van der Waals surface area contributed by atoms with Crippen molar-refractivity contribution in [1.82, 2.24) is 19.7 Å². The van der Waals surface area contributed by atoms with Crippen molar-refractivity contribution < 1.29 is 9.53 Å². The summed E-state index contributed by atoms with van der Waals surface area (Å²) in [6.07, 6.45) is 1.49. The van der Waals surface area contributed by atoms with Gasteiger partial charge in [0.25, 0.3) is 0 Å². The minimum atomic E-state index is -0.344. The van der Waals surface area contributed by atoms with Crippen LogP contribution in [0, 0.1) is 0 Å². The molecule has 0 radical (unpaired) electrons. The smallest absolute Gasteiger partial charge is 0.322 e. The molecule has 0 aliphatic carbocycles. The first-order valence-corrected chi connectivity index (χ1v) is 9.33. The lowest BCUT2D eigenvalue weighted by atomic mass is 10.2. The number of carbonyl (C=O) groups excluding carboxylic acids is 1. The van der Waals surface area contributed by atoms with Gasteiger partial charge in [0.1, 0.15) is 16.7 Å². The van der Waals surface area contributed by atoms with Crippen molar-refractivity contribution in [3.8, 4) is 5.69 Å². The van der Waals surface area contributed by atoms with Gasteiger partial charge < -0.3 is 15.0 Å². The van der Waals surface area contributed by atoms with Crippen LogP contribution in [0.2, 0.25) is 4.34 Å². The van der Waals surface area contributed by atoms with Crippen LogP contribution in [0.3, 0.4) is 0 Å². The molecule has 9 heteroatoms. The second-order valence-electron chi connectivity index (χ2n) is 5.69. The van der Waals surface area contributed by atoms with Gasteiger partial charge in [0.2, 0.25) is 0 Å². The third-order valence-electron chi connectivity index (χ3n) is 4.12. The highest BCUT2D eigenvalue weighted by Crippen LogP contribution is 2.30. The third-order valence-corrected chi connectivity index (χ3v) is 5.29. The number of nitrogens with one attached hydrogen (secondary N) is 1. The number of amides is 2. The van der Waals surface area contributed by atoms with Gasteiger partial charge in [-0.3, -0.25) is 0 Å². The van der Waals surface area contributed by atoms with Crippen molar-refractivity contribution >= 4 is 34.7 Å². The molecule has 0 spiro atoms. The highest BCUT2D eigenvalue weighted by molar-refractivity contribution is 7.15. The Morgan fingerprint density at radius 3 is 2.92 bits per heavy atom. The van der Waals surface area contributed by atoms with Crippen LogP contribution in [0.5, 0.6) is 0 Å². The van der Waals surface area contributed by atoms with Crippen LogP contribution in [0.4, 0.5) is 10.5 Å². The van der Waals surface area contributed by atoms with Crippen molar-refractivity contribution in [2.24, 2.45) is 0 Å². The van der Waals surface area contributed by atoms with Crippen LogP contribution >= 0.6 is 22.9 Å². The van der Waals surface area contributed by atoms with E-state index in [1.807, 2.05) is 35.7 Å². The number of halogens is 1. The van der Waals surface area contributed by atoms with Gasteiger partial charge in [-0.2, -0.15) is 5.10 Å². The van der Waals surface area contributed by atoms with Gasteiger partial charge in [-0.25, -0.2) is 14.5 Å². The Bertz CT molecular complexity index is 897. The number of hydrogen-bond donors (Lipinski definition) is 1. The summed E-state index contributed by atoms with van der Waals surface area (Å²) in [6.45, 7) is 1.29. The van der Waals surface area contributed by atoms with Crippen LogP contribution in [0.1, 0.15) is 11.9 Å². The Morgan fingerprint density at radius 1 is 1.31 bits per heavy atom. The molecule has 3 heterocycles. The summed E-state index contributed by atoms with van der Waals surface area (Å²) in [4.78, 5) is 18.9. The predicted octanol–water partition coefficient (Wildman–Crippen LogP) is 3.59. The summed E-state index contributed by atoms with van der Waals surface area (Å²) in [5, 5.41) is 9.02. The highest BCUT2D eigenvalue weighted by atomic mass is 35.5. The van der Waals surface area contributed by atoms with Crippen LogP contribution in [0.15, 0.2) is 48.1 Å². The van der Waals surface area contributed by atoms with E-state index >= 15 is 0 Å². The molecule has 26 heavy (non-hydrogen) atoms. The molecule has 0 saturated carbocycles. The second-order valence-corrected chi connectivity index (χ2v) is 7.21. The number of aromatic nitrogens is 3. The molecule has 2 amide bonds. The molecule has 1 atom stereocenters. The summed E-state index contributed by atoms with van der Waals surface area (Å²) in [5.41, 5.74) is 1.49. The van der Waals surface area contributed by atoms with Gasteiger partial charge >= 0.3 is 6.03 Å². The van der Waals surface area contributed by atoms with Crippen LogP contribution in [0.25, 0.3) is 5.69 Å². The Hall–Kier alpha value is -2.42. The maximum absolute atomic E-state index is 12.8. The number of thiophene rings is 1. The second kappa shape index (κ2) is 7.45. The minimum absolute atomic E-state index is 0.235. The molecular formula is C17H16ClN5O2S. The topological polar surface area (TPSA) is 72.3 Å². The van der Waals surface area contributed by atoms with Crippen molar-refractivity contribution in [2.75, 3.05) is 25.1 Å². The average molecular weight is 390 g/mol. The number of urea groups is 1. The first-order valence-electron chi connectivity index (χ1n) is 8.08. The van der Waals surface area contributed by atoms with E-state index in [1.54, 1.807) is 15.6 Å². The number of ether oxygens (including phenoxy) is 1. The first-order chi connectivity index (χ1) is 12.7. The monoisotopic (exact) mass is 389 g/mol. The van der Waals surface area contributed by atoms with Gasteiger partial charge in [-0.1, -0.05) is 29.8 Å². The fourth-order valence-corrected chi connectivity index (χ4v) is 3.71.